The van der Waals surface area contributed by atoms with E-state index in [9.17, 15) is 13.0 Å². The Bertz CT molecular complexity index is 903. The van der Waals surface area contributed by atoms with Crippen LogP contribution < -0.4 is 9.80 Å². The molecule has 0 unspecified atom stereocenters. The minimum Gasteiger partial charge on any atom is -0.748 e. The summed E-state index contributed by atoms with van der Waals surface area (Å²) in [5, 5.41) is 3.11. The van der Waals surface area contributed by atoms with E-state index < -0.39 is 10.1 Å². The van der Waals surface area contributed by atoms with Crippen molar-refractivity contribution in [1.82, 2.24) is 0 Å². The molecular weight excluding hydrogens is 392 g/mol. The van der Waals surface area contributed by atoms with Crippen molar-refractivity contribution in [3.63, 3.8) is 0 Å². The van der Waals surface area contributed by atoms with Gasteiger partial charge in [-0.2, -0.15) is 0 Å². The third kappa shape index (κ3) is 5.98. The monoisotopic (exact) mass is 422 g/mol. The van der Waals surface area contributed by atoms with Crippen LogP contribution in [0.3, 0.4) is 0 Å². The summed E-state index contributed by atoms with van der Waals surface area (Å²) in [4.78, 5) is 4.80. The van der Waals surface area contributed by atoms with Crippen LogP contribution in [0.25, 0.3) is 10.8 Å². The lowest BCUT2D eigenvalue weighted by atomic mass is 10.1. The highest BCUT2D eigenvalue weighted by Gasteiger charge is 2.25. The lowest BCUT2D eigenvalue weighted by Gasteiger charge is -2.21. The van der Waals surface area contributed by atoms with Crippen molar-refractivity contribution in [3.8, 4) is 0 Å². The zero-order valence-corrected chi connectivity index (χ0v) is 18.5. The zero-order valence-electron chi connectivity index (χ0n) is 16.9. The van der Waals surface area contributed by atoms with Gasteiger partial charge in [0.25, 0.3) is 0 Å². The molecule has 0 saturated heterocycles. The van der Waals surface area contributed by atoms with Gasteiger partial charge in [0.1, 0.15) is 0 Å². The summed E-state index contributed by atoms with van der Waals surface area (Å²) in [5.41, 5.74) is 1.06. The first-order valence-electron chi connectivity index (χ1n) is 9.73. The molecule has 7 heteroatoms. The van der Waals surface area contributed by atoms with Crippen LogP contribution in [0.1, 0.15) is 27.2 Å². The van der Waals surface area contributed by atoms with Crippen LogP contribution in [0.4, 0.5) is 5.69 Å². The van der Waals surface area contributed by atoms with E-state index in [1.54, 1.807) is 16.7 Å². The van der Waals surface area contributed by atoms with Gasteiger partial charge in [0.15, 0.2) is 0 Å². The highest BCUT2D eigenvalue weighted by Crippen LogP contribution is 2.48. The van der Waals surface area contributed by atoms with Gasteiger partial charge < -0.3 is 14.4 Å². The summed E-state index contributed by atoms with van der Waals surface area (Å²) in [6.45, 7) is 15.0. The topological polar surface area (TPSA) is 64.9 Å². The molecule has 0 saturated carbocycles. The Morgan fingerprint density at radius 1 is 1.07 bits per heavy atom. The molecular formula is C21H30N2O3S2. The van der Waals surface area contributed by atoms with Crippen molar-refractivity contribution in [3.05, 3.63) is 48.0 Å². The van der Waals surface area contributed by atoms with E-state index in [4.69, 9.17) is 0 Å². The van der Waals surface area contributed by atoms with Gasteiger partial charge in [-0.25, -0.2) is 8.42 Å². The summed E-state index contributed by atoms with van der Waals surface area (Å²) >= 11 is 1.58. The van der Waals surface area contributed by atoms with E-state index in [0.29, 0.717) is 13.0 Å². The quantitative estimate of drug-likeness (QED) is 0.695. The Morgan fingerprint density at radius 3 is 2.29 bits per heavy atom. The van der Waals surface area contributed by atoms with Crippen LogP contribution in [0.2, 0.25) is 0 Å². The largest absolute Gasteiger partial charge is 0.748 e. The first-order chi connectivity index (χ1) is 13.3. The van der Waals surface area contributed by atoms with Crippen LogP contribution in [-0.4, -0.2) is 44.9 Å². The number of nitrogens with one attached hydrogen (secondary N) is 1. The molecule has 3 rings (SSSR count). The number of anilines is 1. The summed E-state index contributed by atoms with van der Waals surface area (Å²) in [6.07, 6.45) is 0.300. The molecule has 1 aliphatic rings. The molecule has 0 aliphatic carbocycles. The maximum Gasteiger partial charge on any atom is 0.0946 e. The normalized spacial score (nSPS) is 13.6. The smallest absolute Gasteiger partial charge is 0.0946 e. The number of hydrogen-bond donors (Lipinski definition) is 1. The standard InChI is InChI=1S/C15H15NO3S2.C6H15N/c1-11-16(9-4-10-21(17,18)19)15-13-6-3-2-5-12(13)7-8-14(15)20-11;1-4-7(5-2)6-3/h2-3,5-8H,1,4,9-10H2,(H,17,18,19);4-6H2,1-3H3. The second kappa shape index (κ2) is 10.3. The number of fused-ring (bicyclic) bond motifs is 3. The number of quaternary nitrogens is 1. The second-order valence-corrected chi connectivity index (χ2v) is 9.35. The predicted octanol–water partition coefficient (Wildman–Crippen LogP) is 3.09. The number of nitrogens with zero attached hydrogens (tertiary/aromatic N) is 1. The molecule has 0 amide bonds. The van der Waals surface area contributed by atoms with Gasteiger partial charge >= 0.3 is 0 Å². The molecule has 1 N–H and O–H groups in total. The van der Waals surface area contributed by atoms with Gasteiger partial charge in [0.05, 0.1) is 40.5 Å². The van der Waals surface area contributed by atoms with Crippen LogP contribution in [0, 0.1) is 0 Å². The van der Waals surface area contributed by atoms with Gasteiger partial charge in [-0.3, -0.25) is 0 Å². The van der Waals surface area contributed by atoms with E-state index in [1.165, 1.54) is 19.6 Å². The maximum atomic E-state index is 10.7. The van der Waals surface area contributed by atoms with Crippen molar-refractivity contribution < 1.29 is 17.9 Å². The highest BCUT2D eigenvalue weighted by molar-refractivity contribution is 8.03. The molecule has 28 heavy (non-hydrogen) atoms. The molecule has 2 aromatic carbocycles. The molecule has 154 valence electrons. The van der Waals surface area contributed by atoms with E-state index >= 15 is 0 Å². The Hall–Kier alpha value is -1.54. The fourth-order valence-corrected chi connectivity index (χ4v) is 4.77. The van der Waals surface area contributed by atoms with Gasteiger partial charge in [-0.15, -0.1) is 0 Å². The molecule has 1 heterocycles. The Balaban J connectivity index is 0.000000345. The minimum absolute atomic E-state index is 0.300. The first-order valence-corrected chi connectivity index (χ1v) is 12.1. The summed E-state index contributed by atoms with van der Waals surface area (Å²) in [7, 11) is -4.17. The summed E-state index contributed by atoms with van der Waals surface area (Å²) in [5.74, 6) is -0.346. The fourth-order valence-electron chi connectivity index (χ4n) is 3.29. The van der Waals surface area contributed by atoms with Crippen LogP contribution >= 0.6 is 11.8 Å². The van der Waals surface area contributed by atoms with Crippen molar-refractivity contribution in [2.45, 2.75) is 32.1 Å². The summed E-state index contributed by atoms with van der Waals surface area (Å²) in [6, 6.07) is 12.2. The fraction of sp³-hybridized carbons (Fsp3) is 0.429. The van der Waals surface area contributed by atoms with E-state index in [-0.39, 0.29) is 5.75 Å². The third-order valence-electron chi connectivity index (χ3n) is 4.94. The number of thioether (sulfide) groups is 1. The molecule has 2 aromatic rings. The van der Waals surface area contributed by atoms with Gasteiger partial charge in [0, 0.05) is 22.6 Å². The molecule has 0 radical (unpaired) electrons. The second-order valence-electron chi connectivity index (χ2n) is 6.71. The Kier molecular flexibility index (Phi) is 8.37. The van der Waals surface area contributed by atoms with E-state index in [0.717, 1.165) is 26.4 Å². The maximum absolute atomic E-state index is 10.7. The Labute approximate surface area is 173 Å². The molecule has 0 bridgehead atoms. The Morgan fingerprint density at radius 2 is 1.71 bits per heavy atom. The molecule has 0 aromatic heterocycles. The molecule has 0 fully saturated rings. The van der Waals surface area contributed by atoms with E-state index in [1.807, 2.05) is 29.2 Å². The van der Waals surface area contributed by atoms with Crippen LogP contribution in [0.5, 0.6) is 0 Å². The van der Waals surface area contributed by atoms with Gasteiger partial charge in [-0.1, -0.05) is 48.7 Å². The summed E-state index contributed by atoms with van der Waals surface area (Å²) < 4.78 is 32.2. The van der Waals surface area contributed by atoms with Gasteiger partial charge in [-0.05, 0) is 38.6 Å². The van der Waals surface area contributed by atoms with Crippen molar-refractivity contribution in [1.29, 1.82) is 0 Å². The SMILES string of the molecule is C=C1Sc2ccc3ccccc3c2N1CCCS(=O)(=O)[O-].CC[NH+](CC)CC. The molecule has 0 atom stereocenters. The molecule has 0 spiro atoms. The number of rotatable bonds is 7. The lowest BCUT2D eigenvalue weighted by molar-refractivity contribution is -0.894. The zero-order chi connectivity index (χ0) is 20.7. The lowest BCUT2D eigenvalue weighted by Crippen LogP contribution is -3.11. The number of benzene rings is 2. The molecule has 1 aliphatic heterocycles. The first kappa shape index (κ1) is 22.7. The van der Waals surface area contributed by atoms with Gasteiger partial charge in [0.2, 0.25) is 0 Å². The average Bonchev–Trinajstić information content (AvgIpc) is 2.99. The predicted molar refractivity (Wildman–Crippen MR) is 118 cm³/mol. The van der Waals surface area contributed by atoms with Crippen molar-refractivity contribution in [2.24, 2.45) is 0 Å². The average molecular weight is 423 g/mol. The van der Waals surface area contributed by atoms with E-state index in [2.05, 4.69) is 39.5 Å². The van der Waals surface area contributed by atoms with Crippen LogP contribution in [0.15, 0.2) is 52.9 Å². The van der Waals surface area contributed by atoms with Crippen molar-refractivity contribution >= 4 is 38.3 Å². The minimum atomic E-state index is -4.17. The van der Waals surface area contributed by atoms with Crippen molar-refractivity contribution in [2.75, 3.05) is 36.8 Å². The third-order valence-corrected chi connectivity index (χ3v) is 6.73. The van der Waals surface area contributed by atoms with Crippen LogP contribution in [-0.2, 0) is 10.1 Å². The highest BCUT2D eigenvalue weighted by atomic mass is 32.2. The number of hydrogen-bond acceptors (Lipinski definition) is 5. The molecule has 5 nitrogen and oxygen atoms in total.